The summed E-state index contributed by atoms with van der Waals surface area (Å²) < 4.78 is 11.6. The van der Waals surface area contributed by atoms with Gasteiger partial charge in [-0.05, 0) is 24.1 Å². The molecule has 2 aromatic rings. The van der Waals surface area contributed by atoms with Crippen LogP contribution in [0.25, 0.3) is 0 Å². The topological polar surface area (TPSA) is 64.7 Å². The molecule has 0 amide bonds. The molecule has 1 unspecified atom stereocenters. The first kappa shape index (κ1) is 15.0. The van der Waals surface area contributed by atoms with E-state index in [1.165, 1.54) is 17.5 Å². The Hall–Kier alpha value is -1.89. The van der Waals surface area contributed by atoms with E-state index in [0.29, 0.717) is 11.9 Å². The Labute approximate surface area is 134 Å². The van der Waals surface area contributed by atoms with Crippen molar-refractivity contribution in [3.8, 4) is 5.75 Å². The average Bonchev–Trinajstić information content (AvgIpc) is 3.23. The van der Waals surface area contributed by atoms with E-state index in [2.05, 4.69) is 39.0 Å². The predicted molar refractivity (Wildman–Crippen MR) is 86.0 cm³/mol. The van der Waals surface area contributed by atoms with Crippen molar-refractivity contribution in [1.82, 2.24) is 15.0 Å². The monoisotopic (exact) mass is 317 g/mol. The van der Waals surface area contributed by atoms with Crippen LogP contribution in [0.3, 0.4) is 0 Å². The second-order valence-electron chi connectivity index (χ2n) is 5.10. The normalized spacial score (nSPS) is 17.0. The van der Waals surface area contributed by atoms with E-state index in [1.54, 1.807) is 0 Å². The maximum absolute atomic E-state index is 5.76. The fourth-order valence-electron chi connectivity index (χ4n) is 2.20. The Bertz CT molecular complexity index is 617. The summed E-state index contributed by atoms with van der Waals surface area (Å²) in [4.78, 5) is 0. The van der Waals surface area contributed by atoms with Crippen LogP contribution in [0.2, 0.25) is 0 Å². The molecule has 2 heterocycles. The van der Waals surface area contributed by atoms with Crippen LogP contribution in [0.1, 0.15) is 29.9 Å². The minimum absolute atomic E-state index is 0.356. The molecule has 0 bridgehead atoms. The highest BCUT2D eigenvalue weighted by molar-refractivity contribution is 7.98. The molecule has 1 aliphatic rings. The number of benzene rings is 1. The van der Waals surface area contributed by atoms with Crippen molar-refractivity contribution in [3.63, 3.8) is 0 Å². The van der Waals surface area contributed by atoms with Gasteiger partial charge in [-0.15, -0.1) is 9.62 Å². The van der Waals surface area contributed by atoms with Gasteiger partial charge in [0.25, 0.3) is 0 Å². The van der Waals surface area contributed by atoms with Crippen molar-refractivity contribution in [1.29, 1.82) is 0 Å². The Morgan fingerprint density at radius 2 is 2.18 bits per heavy atom. The van der Waals surface area contributed by atoms with Crippen molar-refractivity contribution >= 4 is 11.9 Å². The third-order valence-corrected chi connectivity index (χ3v) is 4.37. The lowest BCUT2D eigenvalue weighted by molar-refractivity contribution is 0.298. The van der Waals surface area contributed by atoms with Gasteiger partial charge in [0, 0.05) is 31.1 Å². The van der Waals surface area contributed by atoms with Gasteiger partial charge in [-0.1, -0.05) is 24.3 Å². The smallest absolute Gasteiger partial charge is 0.119 e. The summed E-state index contributed by atoms with van der Waals surface area (Å²) in [5.41, 5.74) is 2.27. The zero-order valence-corrected chi connectivity index (χ0v) is 13.4. The van der Waals surface area contributed by atoms with Gasteiger partial charge >= 0.3 is 0 Å². The van der Waals surface area contributed by atoms with Crippen molar-refractivity contribution in [3.05, 3.63) is 41.7 Å². The van der Waals surface area contributed by atoms with Gasteiger partial charge < -0.3 is 4.74 Å². The molecule has 0 spiro atoms. The molecule has 3 rings (SSSR count). The molecular weight excluding hydrogens is 298 g/mol. The summed E-state index contributed by atoms with van der Waals surface area (Å²) in [5.74, 6) is 0.897. The maximum atomic E-state index is 5.76. The number of nitrogens with zero attached hydrogens (tertiary/aromatic N) is 5. The highest BCUT2D eigenvalue weighted by Crippen LogP contribution is 2.35. The average molecular weight is 317 g/mol. The fourth-order valence-corrected chi connectivity index (χ4v) is 2.86. The van der Waals surface area contributed by atoms with Crippen LogP contribution in [0, 0.1) is 0 Å². The quantitative estimate of drug-likeness (QED) is 0.579. The van der Waals surface area contributed by atoms with Gasteiger partial charge in [-0.3, -0.25) is 4.68 Å². The molecule has 7 heteroatoms. The van der Waals surface area contributed by atoms with Crippen LogP contribution in [0.5, 0.6) is 5.75 Å². The molecule has 0 saturated heterocycles. The summed E-state index contributed by atoms with van der Waals surface area (Å²) in [6.07, 6.45) is 3.82. The van der Waals surface area contributed by atoms with Crippen molar-refractivity contribution in [2.24, 2.45) is 9.63 Å². The van der Waals surface area contributed by atoms with Crippen LogP contribution in [0.15, 0.2) is 40.1 Å². The molecule has 0 N–H and O–H groups in total. The Morgan fingerprint density at radius 1 is 1.32 bits per heavy atom. The summed E-state index contributed by atoms with van der Waals surface area (Å²) in [5, 5.41) is 12.5. The lowest BCUT2D eigenvalue weighted by Gasteiger charge is -2.09. The van der Waals surface area contributed by atoms with Gasteiger partial charge in [0.15, 0.2) is 0 Å². The van der Waals surface area contributed by atoms with Gasteiger partial charge in [0.2, 0.25) is 0 Å². The standard InChI is InChI=1S/C15H19N5OS/c1-2-13-11-20(18-17-13)8-3-9-21-14-6-4-12(5-7-14)15-10-16-19-22-15/h4-7,11,15H,2-3,8-10H2,1H3. The second kappa shape index (κ2) is 7.40. The van der Waals surface area contributed by atoms with Crippen LogP contribution in [0.4, 0.5) is 0 Å². The summed E-state index contributed by atoms with van der Waals surface area (Å²) >= 11 is 1.53. The summed E-state index contributed by atoms with van der Waals surface area (Å²) in [6, 6.07) is 8.21. The minimum atomic E-state index is 0.356. The van der Waals surface area contributed by atoms with Crippen molar-refractivity contribution in [2.45, 2.75) is 31.6 Å². The summed E-state index contributed by atoms with van der Waals surface area (Å²) in [7, 11) is 0. The molecule has 0 saturated carbocycles. The van der Waals surface area contributed by atoms with Crippen LogP contribution in [-0.2, 0) is 13.0 Å². The van der Waals surface area contributed by atoms with E-state index in [4.69, 9.17) is 4.74 Å². The molecule has 1 atom stereocenters. The summed E-state index contributed by atoms with van der Waals surface area (Å²) in [6.45, 7) is 4.34. The number of aromatic nitrogens is 3. The molecule has 0 fully saturated rings. The molecule has 1 aliphatic heterocycles. The number of aryl methyl sites for hydroxylation is 2. The molecule has 1 aromatic heterocycles. The molecule has 6 nitrogen and oxygen atoms in total. The van der Waals surface area contributed by atoms with E-state index < -0.39 is 0 Å². The van der Waals surface area contributed by atoms with E-state index in [9.17, 15) is 0 Å². The van der Waals surface area contributed by atoms with Crippen LogP contribution >= 0.6 is 11.9 Å². The SMILES string of the molecule is CCc1cn(CCCOc2ccc(C3CN=NS3)cc2)nn1. The van der Waals surface area contributed by atoms with Gasteiger partial charge in [-0.25, -0.2) is 0 Å². The minimum Gasteiger partial charge on any atom is -0.494 e. The molecule has 116 valence electrons. The van der Waals surface area contributed by atoms with Crippen molar-refractivity contribution in [2.75, 3.05) is 13.2 Å². The first-order valence-electron chi connectivity index (χ1n) is 7.49. The first-order valence-corrected chi connectivity index (χ1v) is 8.33. The maximum Gasteiger partial charge on any atom is 0.119 e. The lowest BCUT2D eigenvalue weighted by atomic mass is 10.1. The highest BCUT2D eigenvalue weighted by Gasteiger charge is 2.16. The predicted octanol–water partition coefficient (Wildman–Crippen LogP) is 3.46. The number of hydrogen-bond acceptors (Lipinski definition) is 6. The number of hydrogen-bond donors (Lipinski definition) is 0. The van der Waals surface area contributed by atoms with Gasteiger partial charge in [0.1, 0.15) is 5.75 Å². The first-order chi connectivity index (χ1) is 10.8. The molecule has 0 radical (unpaired) electrons. The number of ether oxygens (including phenoxy) is 1. The third kappa shape index (κ3) is 3.85. The molecule has 1 aromatic carbocycles. The van der Waals surface area contributed by atoms with E-state index in [0.717, 1.165) is 37.4 Å². The number of rotatable bonds is 7. The van der Waals surface area contributed by atoms with E-state index >= 15 is 0 Å². The molecular formula is C15H19N5OS. The van der Waals surface area contributed by atoms with Crippen molar-refractivity contribution < 1.29 is 4.74 Å². The Morgan fingerprint density at radius 3 is 2.86 bits per heavy atom. The fraction of sp³-hybridized carbons (Fsp3) is 0.467. The Balaban J connectivity index is 1.41. The van der Waals surface area contributed by atoms with Crippen LogP contribution < -0.4 is 4.74 Å². The van der Waals surface area contributed by atoms with E-state index in [1.807, 2.05) is 23.0 Å². The Kier molecular flexibility index (Phi) is 5.05. The molecule has 22 heavy (non-hydrogen) atoms. The van der Waals surface area contributed by atoms with Gasteiger partial charge in [-0.2, -0.15) is 5.11 Å². The van der Waals surface area contributed by atoms with E-state index in [-0.39, 0.29) is 0 Å². The molecule has 0 aliphatic carbocycles. The largest absolute Gasteiger partial charge is 0.494 e. The second-order valence-corrected chi connectivity index (χ2v) is 6.04. The third-order valence-electron chi connectivity index (χ3n) is 3.48. The highest BCUT2D eigenvalue weighted by atomic mass is 32.2. The zero-order valence-electron chi connectivity index (χ0n) is 12.6. The lowest BCUT2D eigenvalue weighted by Crippen LogP contribution is -2.05. The van der Waals surface area contributed by atoms with Crippen LogP contribution in [-0.4, -0.2) is 28.1 Å². The van der Waals surface area contributed by atoms with Gasteiger partial charge in [0.05, 0.1) is 24.1 Å². The zero-order chi connectivity index (χ0) is 15.2.